The van der Waals surface area contributed by atoms with E-state index in [4.69, 9.17) is 5.73 Å². The second kappa shape index (κ2) is 5.84. The molecule has 0 aromatic heterocycles. The Labute approximate surface area is 132 Å². The molecule has 1 fully saturated rings. The van der Waals surface area contributed by atoms with E-state index in [0.717, 1.165) is 12.1 Å². The van der Waals surface area contributed by atoms with Crippen LogP contribution in [0.4, 0.5) is 5.69 Å². The number of anilines is 1. The number of guanidine groups is 1. The second-order valence-electron chi connectivity index (χ2n) is 6.28. The van der Waals surface area contributed by atoms with E-state index in [1.807, 2.05) is 0 Å². The first kappa shape index (κ1) is 14.6. The summed E-state index contributed by atoms with van der Waals surface area (Å²) in [5.41, 5.74) is 12.3. The molecule has 22 heavy (non-hydrogen) atoms. The van der Waals surface area contributed by atoms with Gasteiger partial charge in [0.2, 0.25) is 0 Å². The Morgan fingerprint density at radius 3 is 2.45 bits per heavy atom. The monoisotopic (exact) mass is 293 g/mol. The van der Waals surface area contributed by atoms with Crippen molar-refractivity contribution in [2.45, 2.75) is 39.2 Å². The third-order valence-corrected chi connectivity index (χ3v) is 4.14. The molecule has 0 aliphatic heterocycles. The molecule has 3 N–H and O–H groups in total. The molecule has 2 atom stereocenters. The fourth-order valence-corrected chi connectivity index (χ4v) is 3.07. The highest BCUT2D eigenvalue weighted by Gasteiger charge is 2.39. The predicted molar refractivity (Wildman–Crippen MR) is 93.5 cm³/mol. The summed E-state index contributed by atoms with van der Waals surface area (Å²) in [5.74, 6) is 1.02. The van der Waals surface area contributed by atoms with Gasteiger partial charge in [0.25, 0.3) is 0 Å². The Kier molecular flexibility index (Phi) is 3.88. The van der Waals surface area contributed by atoms with Crippen molar-refractivity contribution < 1.29 is 0 Å². The lowest BCUT2D eigenvalue weighted by Gasteiger charge is -2.08. The molecule has 0 heterocycles. The SMILES string of the molecule is Cc1cc(C)cc(NC(N)=NC2CC2c2ccccc2C)c1. The molecule has 3 nitrogen and oxygen atoms in total. The van der Waals surface area contributed by atoms with Crippen molar-refractivity contribution in [3.05, 3.63) is 64.7 Å². The largest absolute Gasteiger partial charge is 0.370 e. The first-order valence-corrected chi connectivity index (χ1v) is 7.77. The van der Waals surface area contributed by atoms with Crippen LogP contribution in [-0.2, 0) is 0 Å². The molecule has 114 valence electrons. The minimum atomic E-state index is 0.305. The van der Waals surface area contributed by atoms with E-state index in [1.54, 1.807) is 0 Å². The normalized spacial score (nSPS) is 20.8. The number of benzene rings is 2. The third-order valence-electron chi connectivity index (χ3n) is 4.14. The first-order valence-electron chi connectivity index (χ1n) is 7.77. The van der Waals surface area contributed by atoms with Crippen LogP contribution in [0.15, 0.2) is 47.5 Å². The number of nitrogens with one attached hydrogen (secondary N) is 1. The summed E-state index contributed by atoms with van der Waals surface area (Å²) in [6, 6.07) is 15.2. The molecule has 2 unspecified atom stereocenters. The Balaban J connectivity index is 1.68. The van der Waals surface area contributed by atoms with Crippen LogP contribution in [0.5, 0.6) is 0 Å². The third kappa shape index (κ3) is 3.30. The maximum absolute atomic E-state index is 6.06. The summed E-state index contributed by atoms with van der Waals surface area (Å²) in [5, 5.41) is 3.21. The van der Waals surface area contributed by atoms with Gasteiger partial charge in [0.1, 0.15) is 0 Å². The molecule has 0 saturated heterocycles. The van der Waals surface area contributed by atoms with Crippen molar-refractivity contribution in [3.63, 3.8) is 0 Å². The standard InChI is InChI=1S/C19H23N3/c1-12-8-13(2)10-15(9-12)21-19(20)22-18-11-17(18)16-7-5-4-6-14(16)3/h4-10,17-18H,11H2,1-3H3,(H3,20,21,22). The Hall–Kier alpha value is -2.29. The maximum Gasteiger partial charge on any atom is 0.193 e. The van der Waals surface area contributed by atoms with Crippen molar-refractivity contribution in [3.8, 4) is 0 Å². The van der Waals surface area contributed by atoms with E-state index in [9.17, 15) is 0 Å². The maximum atomic E-state index is 6.06. The topological polar surface area (TPSA) is 50.4 Å². The van der Waals surface area contributed by atoms with Gasteiger partial charge in [-0.2, -0.15) is 0 Å². The van der Waals surface area contributed by atoms with Gasteiger partial charge in [-0.1, -0.05) is 30.3 Å². The summed E-state index contributed by atoms with van der Waals surface area (Å²) in [4.78, 5) is 4.63. The van der Waals surface area contributed by atoms with E-state index in [0.29, 0.717) is 17.9 Å². The molecule has 1 saturated carbocycles. The molecule has 0 amide bonds. The van der Waals surface area contributed by atoms with Crippen LogP contribution < -0.4 is 11.1 Å². The summed E-state index contributed by atoms with van der Waals surface area (Å²) >= 11 is 0. The van der Waals surface area contributed by atoms with E-state index < -0.39 is 0 Å². The quantitative estimate of drug-likeness (QED) is 0.666. The van der Waals surface area contributed by atoms with Crippen LogP contribution in [0.3, 0.4) is 0 Å². The fraction of sp³-hybridized carbons (Fsp3) is 0.316. The van der Waals surface area contributed by atoms with Crippen molar-refractivity contribution >= 4 is 11.6 Å². The van der Waals surface area contributed by atoms with Crippen LogP contribution in [0.1, 0.15) is 34.6 Å². The van der Waals surface area contributed by atoms with Gasteiger partial charge < -0.3 is 11.1 Å². The number of hydrogen-bond acceptors (Lipinski definition) is 1. The van der Waals surface area contributed by atoms with Crippen molar-refractivity contribution in [2.24, 2.45) is 10.7 Å². The Morgan fingerprint density at radius 2 is 1.77 bits per heavy atom. The van der Waals surface area contributed by atoms with E-state index >= 15 is 0 Å². The summed E-state index contributed by atoms with van der Waals surface area (Å²) in [6.45, 7) is 6.33. The first-order chi connectivity index (χ1) is 10.5. The average Bonchev–Trinajstić information content (AvgIpc) is 3.16. The highest BCUT2D eigenvalue weighted by Crippen LogP contribution is 2.44. The van der Waals surface area contributed by atoms with Gasteiger partial charge in [0.15, 0.2) is 5.96 Å². The lowest BCUT2D eigenvalue weighted by molar-refractivity contribution is 0.975. The number of nitrogens with two attached hydrogens (primary N) is 1. The average molecular weight is 293 g/mol. The second-order valence-corrected chi connectivity index (χ2v) is 6.28. The van der Waals surface area contributed by atoms with Crippen LogP contribution in [0.2, 0.25) is 0 Å². The zero-order valence-electron chi connectivity index (χ0n) is 13.4. The van der Waals surface area contributed by atoms with E-state index in [-0.39, 0.29) is 0 Å². The number of hydrogen-bond donors (Lipinski definition) is 2. The van der Waals surface area contributed by atoms with Crippen LogP contribution in [0, 0.1) is 20.8 Å². The lowest BCUT2D eigenvalue weighted by Crippen LogP contribution is -2.23. The molecule has 0 bridgehead atoms. The zero-order valence-corrected chi connectivity index (χ0v) is 13.4. The van der Waals surface area contributed by atoms with Crippen molar-refractivity contribution in [1.82, 2.24) is 0 Å². The zero-order chi connectivity index (χ0) is 15.7. The van der Waals surface area contributed by atoms with Gasteiger partial charge in [-0.05, 0) is 61.6 Å². The van der Waals surface area contributed by atoms with Crippen molar-refractivity contribution in [1.29, 1.82) is 0 Å². The molecule has 3 heteroatoms. The van der Waals surface area contributed by atoms with Gasteiger partial charge >= 0.3 is 0 Å². The molecule has 1 aliphatic carbocycles. The summed E-state index contributed by atoms with van der Waals surface area (Å²) in [6.07, 6.45) is 1.08. The molecule has 1 aliphatic rings. The number of rotatable bonds is 3. The van der Waals surface area contributed by atoms with Crippen LogP contribution in [-0.4, -0.2) is 12.0 Å². The molecular formula is C19H23N3. The van der Waals surface area contributed by atoms with Crippen LogP contribution in [0.25, 0.3) is 0 Å². The minimum Gasteiger partial charge on any atom is -0.370 e. The summed E-state index contributed by atoms with van der Waals surface area (Å²) < 4.78 is 0. The predicted octanol–water partition coefficient (Wildman–Crippen LogP) is 3.89. The number of nitrogens with zero attached hydrogens (tertiary/aromatic N) is 1. The molecule has 3 rings (SSSR count). The molecule has 0 radical (unpaired) electrons. The lowest BCUT2D eigenvalue weighted by atomic mass is 10.0. The van der Waals surface area contributed by atoms with Gasteiger partial charge in [0.05, 0.1) is 6.04 Å². The smallest absolute Gasteiger partial charge is 0.193 e. The van der Waals surface area contributed by atoms with Gasteiger partial charge in [0, 0.05) is 11.6 Å². The molecule has 0 spiro atoms. The molecule has 2 aromatic carbocycles. The van der Waals surface area contributed by atoms with Gasteiger partial charge in [-0.25, -0.2) is 4.99 Å². The van der Waals surface area contributed by atoms with E-state index in [2.05, 4.69) is 73.5 Å². The summed E-state index contributed by atoms with van der Waals surface area (Å²) in [7, 11) is 0. The fourth-order valence-electron chi connectivity index (χ4n) is 3.07. The number of aliphatic imine (C=N–C) groups is 1. The highest BCUT2D eigenvalue weighted by molar-refractivity contribution is 5.92. The molecule has 2 aromatic rings. The Morgan fingerprint density at radius 1 is 1.09 bits per heavy atom. The highest BCUT2D eigenvalue weighted by atomic mass is 15.1. The molecular weight excluding hydrogens is 270 g/mol. The number of aryl methyl sites for hydroxylation is 3. The van der Waals surface area contributed by atoms with E-state index in [1.165, 1.54) is 22.3 Å². The van der Waals surface area contributed by atoms with Crippen molar-refractivity contribution in [2.75, 3.05) is 5.32 Å². The van der Waals surface area contributed by atoms with Gasteiger partial charge in [-0.15, -0.1) is 0 Å². The minimum absolute atomic E-state index is 0.305. The Bertz CT molecular complexity index is 698. The van der Waals surface area contributed by atoms with Gasteiger partial charge in [-0.3, -0.25) is 0 Å². The van der Waals surface area contributed by atoms with Crippen LogP contribution >= 0.6 is 0 Å².